The van der Waals surface area contributed by atoms with E-state index in [4.69, 9.17) is 0 Å². The van der Waals surface area contributed by atoms with Crippen LogP contribution in [0.5, 0.6) is 0 Å². The van der Waals surface area contributed by atoms with E-state index in [1.807, 2.05) is 0 Å². The number of hydrogen-bond donors (Lipinski definition) is 1. The van der Waals surface area contributed by atoms with Gasteiger partial charge in [0.1, 0.15) is 0 Å². The average molecular weight is 201 g/mol. The molecule has 1 aliphatic rings. The minimum atomic E-state index is -0.212. The van der Waals surface area contributed by atoms with E-state index in [0.717, 1.165) is 18.5 Å². The maximum Gasteiger partial charge on any atom is 0.345 e. The third kappa shape index (κ3) is 2.31. The van der Waals surface area contributed by atoms with Crippen LogP contribution in [0.2, 0.25) is 0 Å². The number of halogens is 1. The first-order valence-corrected chi connectivity index (χ1v) is 4.43. The third-order valence-corrected chi connectivity index (χ3v) is 2.36. The average Bonchev–Trinajstić information content (AvgIpc) is 2.28. The van der Waals surface area contributed by atoms with Gasteiger partial charge in [0.05, 0.1) is 0 Å². The summed E-state index contributed by atoms with van der Waals surface area (Å²) in [5.41, 5.74) is 2.12. The summed E-state index contributed by atoms with van der Waals surface area (Å²) < 4.78 is 0. The molecular weight excluding hydrogens is 188 g/mol. The largest absolute Gasteiger partial charge is 0.345 e. The van der Waals surface area contributed by atoms with E-state index < -0.39 is 0 Å². The number of aryl methyl sites for hydroxylation is 2. The monoisotopic (exact) mass is 200 g/mol. The number of rotatable bonds is 0. The minimum Gasteiger partial charge on any atom is -0.310 e. The fraction of sp³-hybridized carbons (Fsp3) is 0.556. The number of aromatic amines is 1. The lowest BCUT2D eigenvalue weighted by atomic mass is 10.1. The van der Waals surface area contributed by atoms with Gasteiger partial charge < -0.3 is 4.98 Å². The molecule has 1 aromatic rings. The highest BCUT2D eigenvalue weighted by Gasteiger charge is 2.07. The fourth-order valence-electron chi connectivity index (χ4n) is 1.69. The Labute approximate surface area is 83.0 Å². The van der Waals surface area contributed by atoms with Gasteiger partial charge in [-0.3, -0.25) is 0 Å². The van der Waals surface area contributed by atoms with Gasteiger partial charge in [-0.2, -0.15) is 0 Å². The van der Waals surface area contributed by atoms with Crippen LogP contribution in [0.25, 0.3) is 0 Å². The van der Waals surface area contributed by atoms with Gasteiger partial charge in [0.2, 0.25) is 0 Å². The molecule has 0 fully saturated rings. The van der Waals surface area contributed by atoms with Gasteiger partial charge in [-0.15, -0.1) is 12.4 Å². The second-order valence-electron chi connectivity index (χ2n) is 3.25. The summed E-state index contributed by atoms with van der Waals surface area (Å²) in [6, 6.07) is 0. The van der Waals surface area contributed by atoms with Crippen molar-refractivity contribution in [1.82, 2.24) is 9.97 Å². The Morgan fingerprint density at radius 1 is 1.23 bits per heavy atom. The molecule has 0 aromatic carbocycles. The molecule has 0 amide bonds. The van der Waals surface area contributed by atoms with Crippen LogP contribution in [0.15, 0.2) is 11.0 Å². The third-order valence-electron chi connectivity index (χ3n) is 2.36. The Morgan fingerprint density at radius 3 is 2.85 bits per heavy atom. The van der Waals surface area contributed by atoms with Gasteiger partial charge in [-0.25, -0.2) is 9.78 Å². The fourth-order valence-corrected chi connectivity index (χ4v) is 1.69. The topological polar surface area (TPSA) is 45.8 Å². The highest BCUT2D eigenvalue weighted by Crippen LogP contribution is 2.15. The van der Waals surface area contributed by atoms with Crippen molar-refractivity contribution in [2.45, 2.75) is 32.1 Å². The predicted octanol–water partition coefficient (Wildman–Crippen LogP) is 1.46. The molecular formula is C9H13ClN2O. The number of fused-ring (bicyclic) bond motifs is 1. The standard InChI is InChI=1S/C9H12N2O.ClH/c12-9-10-6-7-4-2-1-3-5-8(7)11-9;/h6H,1-5H2,(H,10,11,12);1H. The molecule has 72 valence electrons. The molecule has 0 bridgehead atoms. The molecule has 3 nitrogen and oxygen atoms in total. The van der Waals surface area contributed by atoms with Gasteiger partial charge in [0.15, 0.2) is 0 Å². The molecule has 0 saturated heterocycles. The minimum absolute atomic E-state index is 0. The number of hydrogen-bond acceptors (Lipinski definition) is 2. The summed E-state index contributed by atoms with van der Waals surface area (Å²) >= 11 is 0. The van der Waals surface area contributed by atoms with Gasteiger partial charge in [-0.1, -0.05) is 6.42 Å². The highest BCUT2D eigenvalue weighted by molar-refractivity contribution is 5.85. The molecule has 4 heteroatoms. The normalized spacial score (nSPS) is 15.4. The van der Waals surface area contributed by atoms with Crippen molar-refractivity contribution in [1.29, 1.82) is 0 Å². The van der Waals surface area contributed by atoms with Crippen molar-refractivity contribution in [2.24, 2.45) is 0 Å². The van der Waals surface area contributed by atoms with Crippen LogP contribution in [0.4, 0.5) is 0 Å². The lowest BCUT2D eigenvalue weighted by molar-refractivity contribution is 0.708. The molecule has 0 aliphatic heterocycles. The number of aromatic nitrogens is 2. The van der Waals surface area contributed by atoms with Gasteiger partial charge in [0, 0.05) is 11.9 Å². The first-order valence-electron chi connectivity index (χ1n) is 4.43. The molecule has 1 heterocycles. The zero-order valence-corrected chi connectivity index (χ0v) is 8.19. The molecule has 1 N–H and O–H groups in total. The van der Waals surface area contributed by atoms with Crippen molar-refractivity contribution in [3.05, 3.63) is 27.9 Å². The lowest BCUT2D eigenvalue weighted by Crippen LogP contribution is -2.13. The number of nitrogens with zero attached hydrogens (tertiary/aromatic N) is 1. The van der Waals surface area contributed by atoms with E-state index in [1.165, 1.54) is 24.8 Å². The van der Waals surface area contributed by atoms with Crippen LogP contribution in [-0.2, 0) is 12.8 Å². The van der Waals surface area contributed by atoms with Crippen molar-refractivity contribution in [2.75, 3.05) is 0 Å². The van der Waals surface area contributed by atoms with E-state index in [1.54, 1.807) is 6.20 Å². The highest BCUT2D eigenvalue weighted by atomic mass is 35.5. The zero-order chi connectivity index (χ0) is 8.39. The summed E-state index contributed by atoms with van der Waals surface area (Å²) in [6.07, 6.45) is 7.47. The number of H-pyrrole nitrogens is 1. The van der Waals surface area contributed by atoms with Crippen molar-refractivity contribution < 1.29 is 0 Å². The van der Waals surface area contributed by atoms with Crippen LogP contribution in [-0.4, -0.2) is 9.97 Å². The summed E-state index contributed by atoms with van der Waals surface area (Å²) in [4.78, 5) is 17.4. The Hall–Kier alpha value is -0.830. The Balaban J connectivity index is 0.000000845. The van der Waals surface area contributed by atoms with Crippen LogP contribution >= 0.6 is 12.4 Å². The molecule has 0 unspecified atom stereocenters. The Bertz CT molecular complexity index is 335. The quantitative estimate of drug-likeness (QED) is 0.645. The summed E-state index contributed by atoms with van der Waals surface area (Å²) in [5, 5.41) is 0. The Morgan fingerprint density at radius 2 is 2.00 bits per heavy atom. The van der Waals surface area contributed by atoms with E-state index in [0.29, 0.717) is 0 Å². The second kappa shape index (κ2) is 4.42. The number of nitrogens with one attached hydrogen (secondary N) is 1. The molecule has 1 aliphatic carbocycles. The molecule has 0 spiro atoms. The van der Waals surface area contributed by atoms with Crippen molar-refractivity contribution >= 4 is 12.4 Å². The predicted molar refractivity (Wildman–Crippen MR) is 53.4 cm³/mol. The Kier molecular flexibility index (Phi) is 3.48. The molecule has 1 aromatic heterocycles. The molecule has 2 rings (SSSR count). The van der Waals surface area contributed by atoms with E-state index in [2.05, 4.69) is 9.97 Å². The van der Waals surface area contributed by atoms with Crippen LogP contribution in [0.3, 0.4) is 0 Å². The van der Waals surface area contributed by atoms with Crippen LogP contribution in [0, 0.1) is 0 Å². The first kappa shape index (κ1) is 10.3. The van der Waals surface area contributed by atoms with Gasteiger partial charge in [0.25, 0.3) is 0 Å². The molecule has 13 heavy (non-hydrogen) atoms. The maximum absolute atomic E-state index is 10.9. The van der Waals surface area contributed by atoms with Crippen LogP contribution < -0.4 is 5.69 Å². The van der Waals surface area contributed by atoms with Crippen molar-refractivity contribution in [3.63, 3.8) is 0 Å². The first-order chi connectivity index (χ1) is 5.86. The SMILES string of the molecule is Cl.O=c1ncc2c([nH]1)CCCCC2. The summed E-state index contributed by atoms with van der Waals surface area (Å²) in [5.74, 6) is 0. The smallest absolute Gasteiger partial charge is 0.310 e. The summed E-state index contributed by atoms with van der Waals surface area (Å²) in [6.45, 7) is 0. The van der Waals surface area contributed by atoms with E-state index >= 15 is 0 Å². The van der Waals surface area contributed by atoms with Gasteiger partial charge >= 0.3 is 5.69 Å². The maximum atomic E-state index is 10.9. The van der Waals surface area contributed by atoms with Gasteiger partial charge in [-0.05, 0) is 31.2 Å². The van der Waals surface area contributed by atoms with E-state index in [9.17, 15) is 4.79 Å². The van der Waals surface area contributed by atoms with E-state index in [-0.39, 0.29) is 18.1 Å². The molecule has 0 saturated carbocycles. The van der Waals surface area contributed by atoms with Crippen molar-refractivity contribution in [3.8, 4) is 0 Å². The van der Waals surface area contributed by atoms with Crippen LogP contribution in [0.1, 0.15) is 30.5 Å². The molecule has 0 radical (unpaired) electrons. The zero-order valence-electron chi connectivity index (χ0n) is 7.38. The summed E-state index contributed by atoms with van der Waals surface area (Å²) in [7, 11) is 0. The molecule has 0 atom stereocenters. The lowest BCUT2D eigenvalue weighted by Gasteiger charge is -2.01. The second-order valence-corrected chi connectivity index (χ2v) is 3.25.